The first-order valence-electron chi connectivity index (χ1n) is 8.41. The first-order valence-corrected chi connectivity index (χ1v) is 8.41. The Morgan fingerprint density at radius 2 is 1.65 bits per heavy atom. The number of benzene rings is 2. The maximum absolute atomic E-state index is 12.7. The maximum Gasteiger partial charge on any atom is 0.265 e. The standard InChI is InChI=1S/C19H18N4O3/c24-13-21-7-9-22(10-8-21)14-1-3-15(4-2-14)23-12-20-18-6-5-16(25)11-17(18)19(23)26/h1-6,11-13,25H,7-10H2. The van der Waals surface area contributed by atoms with Crippen molar-refractivity contribution in [3.63, 3.8) is 0 Å². The number of hydrogen-bond donors (Lipinski definition) is 1. The van der Waals surface area contributed by atoms with Crippen LogP contribution in [0, 0.1) is 0 Å². The molecule has 1 aliphatic heterocycles. The second-order valence-electron chi connectivity index (χ2n) is 6.27. The van der Waals surface area contributed by atoms with Crippen LogP contribution in [0.15, 0.2) is 53.6 Å². The lowest BCUT2D eigenvalue weighted by atomic mass is 10.2. The molecule has 1 N–H and O–H groups in total. The van der Waals surface area contributed by atoms with Crippen LogP contribution in [0.2, 0.25) is 0 Å². The fourth-order valence-corrected chi connectivity index (χ4v) is 3.20. The first kappa shape index (κ1) is 16.1. The molecule has 0 bridgehead atoms. The van der Waals surface area contributed by atoms with Crippen LogP contribution in [0.25, 0.3) is 16.6 Å². The Labute approximate surface area is 149 Å². The Hall–Kier alpha value is -3.35. The van der Waals surface area contributed by atoms with Crippen molar-refractivity contribution in [1.82, 2.24) is 14.5 Å². The van der Waals surface area contributed by atoms with Gasteiger partial charge in [-0.15, -0.1) is 0 Å². The highest BCUT2D eigenvalue weighted by Crippen LogP contribution is 2.19. The van der Waals surface area contributed by atoms with Crippen molar-refractivity contribution in [2.75, 3.05) is 31.1 Å². The lowest BCUT2D eigenvalue weighted by Crippen LogP contribution is -2.45. The SMILES string of the molecule is O=CN1CCN(c2ccc(-n3cnc4ccc(O)cc4c3=O)cc2)CC1. The summed E-state index contributed by atoms with van der Waals surface area (Å²) in [5.74, 6) is 0.0407. The number of piperazine rings is 1. The van der Waals surface area contributed by atoms with E-state index in [4.69, 9.17) is 0 Å². The van der Waals surface area contributed by atoms with Gasteiger partial charge in [0, 0.05) is 31.9 Å². The van der Waals surface area contributed by atoms with Gasteiger partial charge in [0.2, 0.25) is 6.41 Å². The minimum Gasteiger partial charge on any atom is -0.508 e. The van der Waals surface area contributed by atoms with Crippen LogP contribution in [0.1, 0.15) is 0 Å². The zero-order valence-corrected chi connectivity index (χ0v) is 14.1. The summed E-state index contributed by atoms with van der Waals surface area (Å²) >= 11 is 0. The Balaban J connectivity index is 1.63. The molecule has 2 aromatic carbocycles. The molecule has 7 nitrogen and oxygen atoms in total. The van der Waals surface area contributed by atoms with Crippen molar-refractivity contribution in [3.8, 4) is 11.4 Å². The molecule has 4 rings (SSSR count). The normalized spacial score (nSPS) is 14.6. The number of amides is 1. The maximum atomic E-state index is 12.7. The Kier molecular flexibility index (Phi) is 4.04. The van der Waals surface area contributed by atoms with Crippen molar-refractivity contribution < 1.29 is 9.90 Å². The van der Waals surface area contributed by atoms with Crippen LogP contribution in [-0.2, 0) is 4.79 Å². The molecular weight excluding hydrogens is 332 g/mol. The number of anilines is 1. The van der Waals surface area contributed by atoms with Crippen molar-refractivity contribution in [1.29, 1.82) is 0 Å². The molecule has 0 atom stereocenters. The second-order valence-corrected chi connectivity index (χ2v) is 6.27. The molecule has 26 heavy (non-hydrogen) atoms. The van der Waals surface area contributed by atoms with Crippen LogP contribution in [0.5, 0.6) is 5.75 Å². The van der Waals surface area contributed by atoms with E-state index in [2.05, 4.69) is 9.88 Å². The number of carbonyl (C=O) groups is 1. The lowest BCUT2D eigenvalue weighted by molar-refractivity contribution is -0.118. The van der Waals surface area contributed by atoms with Gasteiger partial charge in [-0.05, 0) is 42.5 Å². The van der Waals surface area contributed by atoms with Crippen LogP contribution in [0.3, 0.4) is 0 Å². The highest BCUT2D eigenvalue weighted by Gasteiger charge is 2.16. The Morgan fingerprint density at radius 3 is 2.35 bits per heavy atom. The Bertz CT molecular complexity index is 1010. The van der Waals surface area contributed by atoms with E-state index in [1.807, 2.05) is 24.3 Å². The third-order valence-corrected chi connectivity index (χ3v) is 4.70. The fraction of sp³-hybridized carbons (Fsp3) is 0.211. The topological polar surface area (TPSA) is 78.7 Å². The van der Waals surface area contributed by atoms with Gasteiger partial charge in [-0.2, -0.15) is 0 Å². The molecule has 0 saturated carbocycles. The van der Waals surface area contributed by atoms with Crippen LogP contribution >= 0.6 is 0 Å². The summed E-state index contributed by atoms with van der Waals surface area (Å²) in [6.07, 6.45) is 2.39. The van der Waals surface area contributed by atoms with E-state index in [-0.39, 0.29) is 11.3 Å². The van der Waals surface area contributed by atoms with Gasteiger partial charge >= 0.3 is 0 Å². The van der Waals surface area contributed by atoms with Gasteiger partial charge in [0.1, 0.15) is 12.1 Å². The summed E-state index contributed by atoms with van der Waals surface area (Å²) in [5, 5.41) is 10.0. The summed E-state index contributed by atoms with van der Waals surface area (Å²) in [5.41, 5.74) is 2.09. The summed E-state index contributed by atoms with van der Waals surface area (Å²) in [6.45, 7) is 3.00. The summed E-state index contributed by atoms with van der Waals surface area (Å²) in [6, 6.07) is 12.2. The fourth-order valence-electron chi connectivity index (χ4n) is 3.20. The molecule has 1 aliphatic rings. The van der Waals surface area contributed by atoms with Crippen LogP contribution < -0.4 is 10.5 Å². The quantitative estimate of drug-likeness (QED) is 0.722. The Morgan fingerprint density at radius 1 is 0.962 bits per heavy atom. The number of aromatic hydroxyl groups is 1. The second kappa shape index (κ2) is 6.51. The van der Waals surface area contributed by atoms with Crippen LogP contribution in [0.4, 0.5) is 5.69 Å². The molecule has 132 valence electrons. The number of carbonyl (C=O) groups excluding carboxylic acids is 1. The minimum atomic E-state index is -0.224. The smallest absolute Gasteiger partial charge is 0.265 e. The molecule has 1 fully saturated rings. The van der Waals surface area contributed by atoms with Crippen molar-refractivity contribution in [2.45, 2.75) is 0 Å². The average molecular weight is 350 g/mol. The molecule has 7 heteroatoms. The number of rotatable bonds is 3. The molecule has 3 aromatic rings. The number of fused-ring (bicyclic) bond motifs is 1. The number of phenolic OH excluding ortho intramolecular Hbond substituents is 1. The monoisotopic (exact) mass is 350 g/mol. The molecule has 1 aromatic heterocycles. The van der Waals surface area contributed by atoms with Gasteiger partial charge in [-0.25, -0.2) is 4.98 Å². The number of aromatic nitrogens is 2. The predicted molar refractivity (Wildman–Crippen MR) is 98.9 cm³/mol. The van der Waals surface area contributed by atoms with Gasteiger partial charge in [-0.1, -0.05) is 0 Å². The van der Waals surface area contributed by atoms with E-state index in [0.717, 1.165) is 25.2 Å². The molecule has 0 spiro atoms. The van der Waals surface area contributed by atoms with E-state index in [1.165, 1.54) is 23.0 Å². The molecule has 0 radical (unpaired) electrons. The van der Waals surface area contributed by atoms with Crippen LogP contribution in [-0.4, -0.2) is 52.1 Å². The highest BCUT2D eigenvalue weighted by molar-refractivity contribution is 5.79. The van der Waals surface area contributed by atoms with Gasteiger partial charge in [0.05, 0.1) is 16.6 Å². The highest BCUT2D eigenvalue weighted by atomic mass is 16.3. The van der Waals surface area contributed by atoms with Crippen molar-refractivity contribution in [3.05, 3.63) is 59.1 Å². The van der Waals surface area contributed by atoms with Crippen molar-refractivity contribution in [2.24, 2.45) is 0 Å². The minimum absolute atomic E-state index is 0.0407. The van der Waals surface area contributed by atoms with E-state index in [9.17, 15) is 14.7 Å². The first-order chi connectivity index (χ1) is 12.7. The predicted octanol–water partition coefficient (Wildman–Crippen LogP) is 1.37. The van der Waals surface area contributed by atoms with E-state index >= 15 is 0 Å². The molecular formula is C19H18N4O3. The summed E-state index contributed by atoms with van der Waals surface area (Å²) < 4.78 is 1.47. The zero-order chi connectivity index (χ0) is 18.1. The molecule has 2 heterocycles. The number of hydrogen-bond acceptors (Lipinski definition) is 5. The third kappa shape index (κ3) is 2.88. The van der Waals surface area contributed by atoms with E-state index in [0.29, 0.717) is 29.7 Å². The van der Waals surface area contributed by atoms with Crippen molar-refractivity contribution >= 4 is 23.0 Å². The summed E-state index contributed by atoms with van der Waals surface area (Å²) in [7, 11) is 0. The number of phenols is 1. The third-order valence-electron chi connectivity index (χ3n) is 4.70. The van der Waals surface area contributed by atoms with E-state index < -0.39 is 0 Å². The van der Waals surface area contributed by atoms with Gasteiger partial charge in [-0.3, -0.25) is 14.2 Å². The zero-order valence-electron chi connectivity index (χ0n) is 14.1. The average Bonchev–Trinajstić information content (AvgIpc) is 2.69. The summed E-state index contributed by atoms with van der Waals surface area (Å²) in [4.78, 5) is 31.8. The van der Waals surface area contributed by atoms with Gasteiger partial charge < -0.3 is 14.9 Å². The van der Waals surface area contributed by atoms with E-state index in [1.54, 1.807) is 11.0 Å². The molecule has 0 unspecified atom stereocenters. The largest absolute Gasteiger partial charge is 0.508 e. The molecule has 1 amide bonds. The lowest BCUT2D eigenvalue weighted by Gasteiger charge is -2.34. The van der Waals surface area contributed by atoms with Gasteiger partial charge in [0.15, 0.2) is 0 Å². The molecule has 0 aliphatic carbocycles. The number of nitrogens with zero attached hydrogens (tertiary/aromatic N) is 4. The van der Waals surface area contributed by atoms with Gasteiger partial charge in [0.25, 0.3) is 5.56 Å². The molecule has 1 saturated heterocycles.